The molecule has 0 unspecified atom stereocenters. The number of hydrogen-bond acceptors (Lipinski definition) is 6. The van der Waals surface area contributed by atoms with Crippen LogP contribution >= 0.6 is 0 Å². The fourth-order valence-corrected chi connectivity index (χ4v) is 3.18. The van der Waals surface area contributed by atoms with Gasteiger partial charge in [0.1, 0.15) is 11.4 Å². The molecule has 18 heavy (non-hydrogen) atoms. The molecule has 0 saturated heterocycles. The molecule has 2 heterocycles. The fourth-order valence-electron chi connectivity index (χ4n) is 1.63. The first-order valence-electron chi connectivity index (χ1n) is 5.61. The number of pyridine rings is 1. The molecule has 1 saturated carbocycles. The van der Waals surface area contributed by atoms with Crippen LogP contribution in [0.25, 0.3) is 11.5 Å². The van der Waals surface area contributed by atoms with Gasteiger partial charge in [0.15, 0.2) is 9.84 Å². The van der Waals surface area contributed by atoms with Crippen molar-refractivity contribution in [1.82, 2.24) is 15.1 Å². The van der Waals surface area contributed by atoms with Crippen molar-refractivity contribution >= 4 is 9.84 Å². The highest BCUT2D eigenvalue weighted by molar-refractivity contribution is 7.91. The van der Waals surface area contributed by atoms with E-state index in [2.05, 4.69) is 15.1 Å². The molecule has 3 rings (SSSR count). The van der Waals surface area contributed by atoms with Crippen molar-refractivity contribution in [2.45, 2.75) is 23.8 Å². The van der Waals surface area contributed by atoms with Crippen LogP contribution in [0.4, 0.5) is 0 Å². The monoisotopic (exact) mass is 265 g/mol. The molecule has 1 aliphatic rings. The minimum Gasteiger partial charge on any atom is -0.338 e. The van der Waals surface area contributed by atoms with Crippen LogP contribution in [-0.2, 0) is 15.6 Å². The van der Waals surface area contributed by atoms with Crippen LogP contribution < -0.4 is 0 Å². The van der Waals surface area contributed by atoms with Crippen molar-refractivity contribution < 1.29 is 12.9 Å². The molecule has 0 radical (unpaired) electrons. The molecule has 0 spiro atoms. The van der Waals surface area contributed by atoms with Crippen LogP contribution in [0.5, 0.6) is 0 Å². The van der Waals surface area contributed by atoms with Crippen molar-refractivity contribution in [1.29, 1.82) is 0 Å². The molecule has 1 aliphatic carbocycles. The van der Waals surface area contributed by atoms with Crippen LogP contribution in [0.1, 0.15) is 18.7 Å². The topological polar surface area (TPSA) is 86.0 Å². The average molecular weight is 265 g/mol. The summed E-state index contributed by atoms with van der Waals surface area (Å²) in [7, 11) is -3.13. The Bertz CT molecular complexity index is 647. The number of nitrogens with zero attached hydrogens (tertiary/aromatic N) is 3. The summed E-state index contributed by atoms with van der Waals surface area (Å²) < 4.78 is 28.5. The second-order valence-electron chi connectivity index (χ2n) is 4.23. The van der Waals surface area contributed by atoms with Gasteiger partial charge >= 0.3 is 0 Å². The maximum Gasteiger partial charge on any atom is 0.242 e. The van der Waals surface area contributed by atoms with E-state index in [9.17, 15) is 8.42 Å². The quantitative estimate of drug-likeness (QED) is 0.825. The van der Waals surface area contributed by atoms with Crippen molar-refractivity contribution in [2.75, 3.05) is 0 Å². The molecule has 7 heteroatoms. The van der Waals surface area contributed by atoms with Gasteiger partial charge in [-0.3, -0.25) is 4.98 Å². The van der Waals surface area contributed by atoms with Crippen LogP contribution in [0, 0.1) is 0 Å². The lowest BCUT2D eigenvalue weighted by Crippen LogP contribution is -2.09. The highest BCUT2D eigenvalue weighted by atomic mass is 32.2. The van der Waals surface area contributed by atoms with E-state index in [4.69, 9.17) is 4.52 Å². The zero-order valence-corrected chi connectivity index (χ0v) is 10.3. The average Bonchev–Trinajstić information content (AvgIpc) is 3.13. The molecule has 2 aromatic rings. The highest BCUT2D eigenvalue weighted by Gasteiger charge is 2.36. The van der Waals surface area contributed by atoms with Gasteiger partial charge in [0.05, 0.1) is 5.25 Å². The maximum atomic E-state index is 11.8. The first-order valence-corrected chi connectivity index (χ1v) is 7.32. The molecule has 0 bridgehead atoms. The normalized spacial score (nSPS) is 15.8. The third kappa shape index (κ3) is 2.26. The van der Waals surface area contributed by atoms with Gasteiger partial charge in [-0.2, -0.15) is 4.98 Å². The van der Waals surface area contributed by atoms with E-state index >= 15 is 0 Å². The zero-order valence-electron chi connectivity index (χ0n) is 9.48. The summed E-state index contributed by atoms with van der Waals surface area (Å²) in [6.07, 6.45) is 3.10. The Morgan fingerprint density at radius 1 is 1.33 bits per heavy atom. The smallest absolute Gasteiger partial charge is 0.242 e. The summed E-state index contributed by atoms with van der Waals surface area (Å²) in [5.41, 5.74) is 0.566. The summed E-state index contributed by atoms with van der Waals surface area (Å²) in [6.45, 7) is 0. The first-order chi connectivity index (χ1) is 8.65. The largest absolute Gasteiger partial charge is 0.338 e. The molecule has 0 N–H and O–H groups in total. The van der Waals surface area contributed by atoms with E-state index in [1.165, 1.54) is 0 Å². The molecule has 6 nitrogen and oxygen atoms in total. The number of sulfone groups is 1. The Balaban J connectivity index is 1.82. The van der Waals surface area contributed by atoms with Crippen molar-refractivity contribution in [3.05, 3.63) is 30.3 Å². The lowest BCUT2D eigenvalue weighted by molar-refractivity contribution is 0.389. The van der Waals surface area contributed by atoms with Gasteiger partial charge in [0.25, 0.3) is 0 Å². The summed E-state index contributed by atoms with van der Waals surface area (Å²) in [6, 6.07) is 5.32. The van der Waals surface area contributed by atoms with Crippen LogP contribution in [0.2, 0.25) is 0 Å². The molecule has 94 valence electrons. The summed E-state index contributed by atoms with van der Waals surface area (Å²) in [4.78, 5) is 8.13. The third-order valence-corrected chi connectivity index (χ3v) is 4.86. The Morgan fingerprint density at radius 2 is 2.17 bits per heavy atom. The summed E-state index contributed by atoms with van der Waals surface area (Å²) in [5.74, 6) is 0.261. The predicted octanol–water partition coefficient (Wildman–Crippen LogP) is 1.21. The van der Waals surface area contributed by atoms with Gasteiger partial charge in [0, 0.05) is 6.20 Å². The SMILES string of the molecule is O=S(=O)(Cc1nc(-c2ccccn2)no1)C1CC1. The second-order valence-corrected chi connectivity index (χ2v) is 6.51. The molecule has 1 fully saturated rings. The third-order valence-electron chi connectivity index (χ3n) is 2.72. The minimum absolute atomic E-state index is 0.127. The van der Waals surface area contributed by atoms with Crippen molar-refractivity contribution in [2.24, 2.45) is 0 Å². The molecule has 0 amide bonds. The van der Waals surface area contributed by atoms with Gasteiger partial charge in [-0.25, -0.2) is 8.42 Å². The van der Waals surface area contributed by atoms with Gasteiger partial charge in [-0.15, -0.1) is 0 Å². The highest BCUT2D eigenvalue weighted by Crippen LogP contribution is 2.30. The first kappa shape index (κ1) is 11.3. The lowest BCUT2D eigenvalue weighted by atomic mass is 10.3. The Hall–Kier alpha value is -1.76. The van der Waals surface area contributed by atoms with Crippen molar-refractivity contribution in [3.8, 4) is 11.5 Å². The number of hydrogen-bond donors (Lipinski definition) is 0. The van der Waals surface area contributed by atoms with E-state index in [0.29, 0.717) is 11.5 Å². The van der Waals surface area contributed by atoms with E-state index in [1.54, 1.807) is 24.4 Å². The predicted molar refractivity (Wildman–Crippen MR) is 63.2 cm³/mol. The van der Waals surface area contributed by atoms with Gasteiger partial charge < -0.3 is 4.52 Å². The van der Waals surface area contributed by atoms with Gasteiger partial charge in [-0.1, -0.05) is 11.2 Å². The van der Waals surface area contributed by atoms with E-state index < -0.39 is 9.84 Å². The zero-order chi connectivity index (χ0) is 12.6. The molecule has 0 aromatic carbocycles. The number of aromatic nitrogens is 3. The Labute approximate surface area is 104 Å². The summed E-state index contributed by atoms with van der Waals surface area (Å²) >= 11 is 0. The van der Waals surface area contributed by atoms with Crippen LogP contribution in [0.15, 0.2) is 28.9 Å². The number of rotatable bonds is 4. The standard InChI is InChI=1S/C11H11N3O3S/c15-18(16,8-4-5-8)7-10-13-11(14-17-10)9-3-1-2-6-12-9/h1-3,6,8H,4-5,7H2. The van der Waals surface area contributed by atoms with E-state index in [-0.39, 0.29) is 16.9 Å². The molecular formula is C11H11N3O3S. The van der Waals surface area contributed by atoms with Crippen LogP contribution in [0.3, 0.4) is 0 Å². The molecular weight excluding hydrogens is 254 g/mol. The summed E-state index contributed by atoms with van der Waals surface area (Å²) in [5, 5.41) is 3.52. The Morgan fingerprint density at radius 3 is 2.83 bits per heavy atom. The van der Waals surface area contributed by atoms with Gasteiger partial charge in [0.2, 0.25) is 11.7 Å². The molecule has 2 aromatic heterocycles. The fraction of sp³-hybridized carbons (Fsp3) is 0.364. The maximum absolute atomic E-state index is 11.8. The minimum atomic E-state index is -3.13. The van der Waals surface area contributed by atoms with Crippen LogP contribution in [-0.4, -0.2) is 28.8 Å². The Kier molecular flexibility index (Phi) is 2.62. The van der Waals surface area contributed by atoms with Gasteiger partial charge in [-0.05, 0) is 25.0 Å². The molecule has 0 atom stereocenters. The molecule has 0 aliphatic heterocycles. The van der Waals surface area contributed by atoms with E-state index in [0.717, 1.165) is 12.8 Å². The van der Waals surface area contributed by atoms with E-state index in [1.807, 2.05) is 0 Å². The van der Waals surface area contributed by atoms with Crippen molar-refractivity contribution in [3.63, 3.8) is 0 Å². The lowest BCUT2D eigenvalue weighted by Gasteiger charge is -1.95. The second kappa shape index (κ2) is 4.16.